The summed E-state index contributed by atoms with van der Waals surface area (Å²) in [5.74, 6) is 0. The van der Waals surface area contributed by atoms with Crippen LogP contribution in [-0.4, -0.2) is 15.0 Å². The Morgan fingerprint density at radius 3 is 2.79 bits per heavy atom. The fraction of sp³-hybridized carbons (Fsp3) is 0.455. The van der Waals surface area contributed by atoms with Crippen LogP contribution in [0.3, 0.4) is 0 Å². The molecule has 2 aromatic heterocycles. The molecule has 2 rings (SSSR count). The summed E-state index contributed by atoms with van der Waals surface area (Å²) in [5, 5.41) is 0. The number of pyridine rings is 1. The van der Waals surface area contributed by atoms with E-state index < -0.39 is 0 Å². The highest BCUT2D eigenvalue weighted by molar-refractivity contribution is 5.76. The summed E-state index contributed by atoms with van der Waals surface area (Å²) in [6.45, 7) is 6.66. The number of nitrogens with one attached hydrogen (secondary N) is 1. The maximum absolute atomic E-state index is 4.31. The van der Waals surface area contributed by atoms with Crippen molar-refractivity contribution in [2.24, 2.45) is 5.41 Å². The first-order chi connectivity index (χ1) is 6.56. The molecule has 3 nitrogen and oxygen atoms in total. The first-order valence-electron chi connectivity index (χ1n) is 4.82. The molecule has 0 aliphatic carbocycles. The Balaban J connectivity index is 2.46. The molecule has 14 heavy (non-hydrogen) atoms. The minimum atomic E-state index is 0.273. The Bertz CT molecular complexity index is 437. The normalized spacial score (nSPS) is 12.2. The van der Waals surface area contributed by atoms with E-state index in [0.29, 0.717) is 0 Å². The van der Waals surface area contributed by atoms with Crippen molar-refractivity contribution in [3.05, 3.63) is 24.3 Å². The molecule has 74 valence electrons. The molecule has 2 aromatic rings. The molecule has 0 aliphatic heterocycles. The summed E-state index contributed by atoms with van der Waals surface area (Å²) in [5.41, 5.74) is 3.56. The molecule has 0 bridgehead atoms. The van der Waals surface area contributed by atoms with Crippen LogP contribution in [0.2, 0.25) is 0 Å². The van der Waals surface area contributed by atoms with Gasteiger partial charge in [-0.05, 0) is 17.4 Å². The van der Waals surface area contributed by atoms with Gasteiger partial charge in [0.1, 0.15) is 0 Å². The fourth-order valence-electron chi connectivity index (χ4n) is 1.62. The van der Waals surface area contributed by atoms with Gasteiger partial charge in [0.05, 0.1) is 23.6 Å². The first-order valence-corrected chi connectivity index (χ1v) is 4.82. The van der Waals surface area contributed by atoms with Crippen molar-refractivity contribution in [1.82, 2.24) is 15.0 Å². The molecule has 0 saturated heterocycles. The Labute approximate surface area is 83.6 Å². The van der Waals surface area contributed by atoms with E-state index >= 15 is 0 Å². The van der Waals surface area contributed by atoms with Crippen molar-refractivity contribution < 1.29 is 0 Å². The zero-order chi connectivity index (χ0) is 10.2. The number of rotatable bonds is 1. The summed E-state index contributed by atoms with van der Waals surface area (Å²) < 4.78 is 0. The number of hydrogen-bond acceptors (Lipinski definition) is 2. The molecule has 0 unspecified atom stereocenters. The van der Waals surface area contributed by atoms with E-state index in [1.807, 2.05) is 12.4 Å². The van der Waals surface area contributed by atoms with Crippen molar-refractivity contribution in [3.8, 4) is 0 Å². The van der Waals surface area contributed by atoms with Crippen LogP contribution in [-0.2, 0) is 6.42 Å². The second-order valence-electron chi connectivity index (χ2n) is 4.83. The summed E-state index contributed by atoms with van der Waals surface area (Å²) >= 11 is 0. The molecule has 0 aromatic carbocycles. The van der Waals surface area contributed by atoms with Crippen LogP contribution in [0.5, 0.6) is 0 Å². The van der Waals surface area contributed by atoms with E-state index in [1.165, 1.54) is 5.56 Å². The first kappa shape index (κ1) is 9.19. The average Bonchev–Trinajstić information content (AvgIpc) is 2.49. The minimum absolute atomic E-state index is 0.273. The lowest BCUT2D eigenvalue weighted by Crippen LogP contribution is -2.09. The second-order valence-corrected chi connectivity index (χ2v) is 4.83. The van der Waals surface area contributed by atoms with Crippen LogP contribution < -0.4 is 0 Å². The summed E-state index contributed by atoms with van der Waals surface area (Å²) in [6.07, 6.45) is 6.45. The van der Waals surface area contributed by atoms with Crippen LogP contribution in [0.15, 0.2) is 18.7 Å². The van der Waals surface area contributed by atoms with E-state index in [1.54, 1.807) is 6.33 Å². The average molecular weight is 189 g/mol. The summed E-state index contributed by atoms with van der Waals surface area (Å²) in [6, 6.07) is 0. The molecule has 0 radical (unpaired) electrons. The number of hydrogen-bond donors (Lipinski definition) is 1. The Kier molecular flexibility index (Phi) is 2.02. The van der Waals surface area contributed by atoms with Crippen molar-refractivity contribution in [2.75, 3.05) is 0 Å². The maximum Gasteiger partial charge on any atom is 0.0945 e. The predicted octanol–water partition coefficient (Wildman–Crippen LogP) is 2.55. The van der Waals surface area contributed by atoms with Gasteiger partial charge in [-0.2, -0.15) is 0 Å². The number of aromatic nitrogens is 3. The number of H-pyrrole nitrogens is 1. The molecule has 0 saturated carbocycles. The number of fused-ring (bicyclic) bond motifs is 1. The molecule has 0 fully saturated rings. The predicted molar refractivity (Wildman–Crippen MR) is 57.0 cm³/mol. The van der Waals surface area contributed by atoms with Gasteiger partial charge in [-0.3, -0.25) is 4.98 Å². The van der Waals surface area contributed by atoms with E-state index in [4.69, 9.17) is 0 Å². The maximum atomic E-state index is 4.31. The topological polar surface area (TPSA) is 41.6 Å². The Morgan fingerprint density at radius 2 is 2.07 bits per heavy atom. The number of imidazole rings is 1. The SMILES string of the molecule is CC(C)(C)Cc1cncc2[nH]cnc12. The standard InChI is InChI=1S/C11H15N3/c1-11(2,3)4-8-5-12-6-9-10(8)14-7-13-9/h5-7H,4H2,1-3H3,(H,13,14). The lowest BCUT2D eigenvalue weighted by molar-refractivity contribution is 0.412. The van der Waals surface area contributed by atoms with Gasteiger partial charge in [0.25, 0.3) is 0 Å². The van der Waals surface area contributed by atoms with E-state index in [9.17, 15) is 0 Å². The molecule has 0 spiro atoms. The van der Waals surface area contributed by atoms with Crippen LogP contribution in [0.4, 0.5) is 0 Å². The van der Waals surface area contributed by atoms with Crippen molar-refractivity contribution in [3.63, 3.8) is 0 Å². The van der Waals surface area contributed by atoms with Gasteiger partial charge >= 0.3 is 0 Å². The third-order valence-corrected chi connectivity index (χ3v) is 2.13. The second kappa shape index (κ2) is 3.08. The van der Waals surface area contributed by atoms with Crippen molar-refractivity contribution in [2.45, 2.75) is 27.2 Å². The minimum Gasteiger partial charge on any atom is -0.343 e. The van der Waals surface area contributed by atoms with Gasteiger partial charge in [-0.1, -0.05) is 20.8 Å². The zero-order valence-electron chi connectivity index (χ0n) is 8.83. The van der Waals surface area contributed by atoms with Crippen LogP contribution in [0.25, 0.3) is 11.0 Å². The number of nitrogens with zero attached hydrogens (tertiary/aromatic N) is 2. The monoisotopic (exact) mass is 189 g/mol. The molecule has 1 N–H and O–H groups in total. The van der Waals surface area contributed by atoms with Gasteiger partial charge in [-0.15, -0.1) is 0 Å². The molecule has 0 aliphatic rings. The van der Waals surface area contributed by atoms with Gasteiger partial charge < -0.3 is 4.98 Å². The third kappa shape index (κ3) is 1.76. The molecular formula is C11H15N3. The Morgan fingerprint density at radius 1 is 1.29 bits per heavy atom. The third-order valence-electron chi connectivity index (χ3n) is 2.13. The van der Waals surface area contributed by atoms with Crippen molar-refractivity contribution in [1.29, 1.82) is 0 Å². The highest BCUT2D eigenvalue weighted by Gasteiger charge is 2.14. The molecule has 0 atom stereocenters. The quantitative estimate of drug-likeness (QED) is 0.749. The smallest absolute Gasteiger partial charge is 0.0945 e. The van der Waals surface area contributed by atoms with E-state index in [0.717, 1.165) is 17.5 Å². The zero-order valence-corrected chi connectivity index (χ0v) is 8.83. The van der Waals surface area contributed by atoms with Crippen molar-refractivity contribution >= 4 is 11.0 Å². The molecular weight excluding hydrogens is 174 g/mol. The largest absolute Gasteiger partial charge is 0.343 e. The summed E-state index contributed by atoms with van der Waals surface area (Å²) in [7, 11) is 0. The summed E-state index contributed by atoms with van der Waals surface area (Å²) in [4.78, 5) is 11.6. The van der Waals surface area contributed by atoms with E-state index in [-0.39, 0.29) is 5.41 Å². The van der Waals surface area contributed by atoms with Gasteiger partial charge in [-0.25, -0.2) is 4.98 Å². The van der Waals surface area contributed by atoms with Gasteiger partial charge in [0.15, 0.2) is 0 Å². The Hall–Kier alpha value is -1.38. The molecule has 3 heteroatoms. The number of aromatic amines is 1. The lowest BCUT2D eigenvalue weighted by atomic mass is 9.88. The molecule has 2 heterocycles. The highest BCUT2D eigenvalue weighted by atomic mass is 14.9. The van der Waals surface area contributed by atoms with Crippen LogP contribution >= 0.6 is 0 Å². The lowest BCUT2D eigenvalue weighted by Gasteiger charge is -2.17. The van der Waals surface area contributed by atoms with Crippen LogP contribution in [0, 0.1) is 5.41 Å². The fourth-order valence-corrected chi connectivity index (χ4v) is 1.62. The molecule has 0 amide bonds. The highest BCUT2D eigenvalue weighted by Crippen LogP contribution is 2.23. The van der Waals surface area contributed by atoms with E-state index in [2.05, 4.69) is 35.7 Å². The van der Waals surface area contributed by atoms with Gasteiger partial charge in [0.2, 0.25) is 0 Å². The van der Waals surface area contributed by atoms with Gasteiger partial charge in [0, 0.05) is 6.20 Å². The van der Waals surface area contributed by atoms with Crippen LogP contribution in [0.1, 0.15) is 26.3 Å².